The van der Waals surface area contributed by atoms with Crippen molar-refractivity contribution in [3.8, 4) is 0 Å². The van der Waals surface area contributed by atoms with Crippen molar-refractivity contribution < 1.29 is 9.21 Å². The zero-order valence-corrected chi connectivity index (χ0v) is 12.6. The van der Waals surface area contributed by atoms with Crippen LogP contribution in [0.1, 0.15) is 23.0 Å². The van der Waals surface area contributed by atoms with Crippen molar-refractivity contribution >= 4 is 34.2 Å². The van der Waals surface area contributed by atoms with Crippen molar-refractivity contribution in [3.05, 3.63) is 70.9 Å². The highest BCUT2D eigenvalue weighted by Crippen LogP contribution is 2.19. The van der Waals surface area contributed by atoms with E-state index in [2.05, 4.69) is 10.5 Å². The van der Waals surface area contributed by atoms with Crippen molar-refractivity contribution in [3.63, 3.8) is 0 Å². The van der Waals surface area contributed by atoms with Gasteiger partial charge in [0.15, 0.2) is 5.76 Å². The number of benzene rings is 2. The maximum atomic E-state index is 12.0. The highest BCUT2D eigenvalue weighted by Gasteiger charge is 2.08. The molecule has 0 aliphatic heterocycles. The van der Waals surface area contributed by atoms with Gasteiger partial charge in [0.05, 0.1) is 0 Å². The number of nitrogens with zero attached hydrogens (tertiary/aromatic N) is 1. The van der Waals surface area contributed by atoms with Crippen LogP contribution in [0.2, 0.25) is 5.02 Å². The zero-order chi connectivity index (χ0) is 15.5. The van der Waals surface area contributed by atoms with Gasteiger partial charge in [0.2, 0.25) is 0 Å². The first-order chi connectivity index (χ1) is 10.6. The van der Waals surface area contributed by atoms with Crippen LogP contribution in [0.15, 0.2) is 64.1 Å². The Morgan fingerprint density at radius 3 is 2.59 bits per heavy atom. The Bertz CT molecular complexity index is 817. The van der Waals surface area contributed by atoms with Gasteiger partial charge >= 0.3 is 0 Å². The Balaban J connectivity index is 1.76. The van der Waals surface area contributed by atoms with Crippen LogP contribution in [0.3, 0.4) is 0 Å². The zero-order valence-electron chi connectivity index (χ0n) is 11.8. The molecule has 0 aliphatic carbocycles. The van der Waals surface area contributed by atoms with Gasteiger partial charge in [-0.2, -0.15) is 5.10 Å². The highest BCUT2D eigenvalue weighted by atomic mass is 35.5. The minimum atomic E-state index is -0.299. The van der Waals surface area contributed by atoms with E-state index in [4.69, 9.17) is 16.0 Å². The molecule has 0 spiro atoms. The molecule has 3 rings (SSSR count). The van der Waals surface area contributed by atoms with Gasteiger partial charge in [-0.05, 0) is 43.3 Å². The number of furan rings is 1. The molecule has 3 aromatic rings. The van der Waals surface area contributed by atoms with Gasteiger partial charge in [-0.25, -0.2) is 5.43 Å². The summed E-state index contributed by atoms with van der Waals surface area (Å²) in [6, 6.07) is 16.2. The second kappa shape index (κ2) is 6.03. The smallest absolute Gasteiger partial charge is 0.271 e. The van der Waals surface area contributed by atoms with Crippen LogP contribution >= 0.6 is 11.6 Å². The lowest BCUT2D eigenvalue weighted by molar-refractivity contribution is 0.0955. The van der Waals surface area contributed by atoms with Crippen LogP contribution in [0.25, 0.3) is 11.0 Å². The quantitative estimate of drug-likeness (QED) is 0.581. The summed E-state index contributed by atoms with van der Waals surface area (Å²) in [6.45, 7) is 1.78. The maximum Gasteiger partial charge on any atom is 0.271 e. The van der Waals surface area contributed by atoms with E-state index in [0.717, 1.165) is 11.0 Å². The van der Waals surface area contributed by atoms with E-state index in [9.17, 15) is 4.79 Å². The number of rotatable bonds is 3. The number of hydrogen-bond donors (Lipinski definition) is 1. The number of amides is 1. The van der Waals surface area contributed by atoms with Gasteiger partial charge in [0.25, 0.3) is 5.91 Å². The average molecular weight is 313 g/mol. The summed E-state index contributed by atoms with van der Waals surface area (Å²) in [4.78, 5) is 12.0. The van der Waals surface area contributed by atoms with Gasteiger partial charge in [-0.1, -0.05) is 29.8 Å². The van der Waals surface area contributed by atoms with E-state index in [1.54, 1.807) is 31.2 Å². The summed E-state index contributed by atoms with van der Waals surface area (Å²) < 4.78 is 5.68. The molecule has 0 atom stereocenters. The number of fused-ring (bicyclic) bond motifs is 1. The molecule has 0 saturated heterocycles. The number of carbonyl (C=O) groups is 1. The molecule has 5 heteroatoms. The lowest BCUT2D eigenvalue weighted by Gasteiger charge is -2.01. The Morgan fingerprint density at radius 1 is 1.14 bits per heavy atom. The largest absolute Gasteiger partial charge is 0.455 e. The predicted octanol–water partition coefficient (Wildman–Crippen LogP) is 4.24. The Hall–Kier alpha value is -2.59. The normalized spacial score (nSPS) is 11.6. The number of para-hydroxylation sites is 1. The minimum Gasteiger partial charge on any atom is -0.455 e. The van der Waals surface area contributed by atoms with E-state index in [1.807, 2.05) is 30.3 Å². The predicted molar refractivity (Wildman–Crippen MR) is 87.3 cm³/mol. The number of carbonyl (C=O) groups excluding carboxylic acids is 1. The lowest BCUT2D eigenvalue weighted by atomic mass is 10.2. The van der Waals surface area contributed by atoms with E-state index in [0.29, 0.717) is 22.1 Å². The van der Waals surface area contributed by atoms with Gasteiger partial charge in [0, 0.05) is 16.0 Å². The second-order valence-corrected chi connectivity index (χ2v) is 5.23. The van der Waals surface area contributed by atoms with Crippen LogP contribution < -0.4 is 5.43 Å². The van der Waals surface area contributed by atoms with Crippen LogP contribution in [0.4, 0.5) is 0 Å². The molecule has 1 heterocycles. The fourth-order valence-corrected chi connectivity index (χ4v) is 2.14. The molecular weight excluding hydrogens is 300 g/mol. The summed E-state index contributed by atoms with van der Waals surface area (Å²) in [7, 11) is 0. The summed E-state index contributed by atoms with van der Waals surface area (Å²) >= 11 is 5.79. The van der Waals surface area contributed by atoms with Gasteiger partial charge in [-0.3, -0.25) is 4.79 Å². The van der Waals surface area contributed by atoms with Crippen LogP contribution in [-0.2, 0) is 0 Å². The molecule has 0 unspecified atom stereocenters. The van der Waals surface area contributed by atoms with E-state index < -0.39 is 0 Å². The molecule has 22 heavy (non-hydrogen) atoms. The molecule has 0 bridgehead atoms. The summed E-state index contributed by atoms with van der Waals surface area (Å²) in [5.74, 6) is 0.324. The number of hydrazone groups is 1. The molecule has 1 N–H and O–H groups in total. The molecule has 0 aliphatic rings. The van der Waals surface area contributed by atoms with E-state index in [1.165, 1.54) is 0 Å². The lowest BCUT2D eigenvalue weighted by Crippen LogP contribution is -2.19. The number of halogens is 1. The Morgan fingerprint density at radius 2 is 1.86 bits per heavy atom. The van der Waals surface area contributed by atoms with Gasteiger partial charge in [0.1, 0.15) is 11.3 Å². The molecule has 4 nitrogen and oxygen atoms in total. The second-order valence-electron chi connectivity index (χ2n) is 4.79. The first-order valence-electron chi connectivity index (χ1n) is 6.72. The summed E-state index contributed by atoms with van der Waals surface area (Å²) in [5, 5.41) is 5.66. The molecule has 0 fully saturated rings. The molecule has 1 amide bonds. The summed E-state index contributed by atoms with van der Waals surface area (Å²) in [5.41, 5.74) is 4.38. The molecule has 110 valence electrons. The summed E-state index contributed by atoms with van der Waals surface area (Å²) in [6.07, 6.45) is 0. The van der Waals surface area contributed by atoms with Gasteiger partial charge < -0.3 is 4.42 Å². The monoisotopic (exact) mass is 312 g/mol. The first kappa shape index (κ1) is 14.4. The fraction of sp³-hybridized carbons (Fsp3) is 0.0588. The third-order valence-corrected chi connectivity index (χ3v) is 3.47. The Labute approximate surface area is 132 Å². The number of nitrogens with one attached hydrogen (secondary N) is 1. The standard InChI is InChI=1S/C17H13ClN2O2/c1-11(16-10-13-4-2-3-5-15(13)22-16)19-20-17(21)12-6-8-14(18)9-7-12/h2-10H,1H3,(H,20,21). The van der Waals surface area contributed by atoms with E-state index in [-0.39, 0.29) is 5.91 Å². The minimum absolute atomic E-state index is 0.299. The SMILES string of the molecule is CC(=NNC(=O)c1ccc(Cl)cc1)c1cc2ccccc2o1. The van der Waals surface area contributed by atoms with Crippen LogP contribution in [-0.4, -0.2) is 11.6 Å². The van der Waals surface area contributed by atoms with Gasteiger partial charge in [-0.15, -0.1) is 0 Å². The van der Waals surface area contributed by atoms with Crippen molar-refractivity contribution in [2.75, 3.05) is 0 Å². The van der Waals surface area contributed by atoms with Crippen molar-refractivity contribution in [1.29, 1.82) is 0 Å². The Kier molecular flexibility index (Phi) is 3.94. The molecule has 1 aromatic heterocycles. The molecular formula is C17H13ClN2O2. The maximum absolute atomic E-state index is 12.0. The van der Waals surface area contributed by atoms with Crippen LogP contribution in [0.5, 0.6) is 0 Å². The van der Waals surface area contributed by atoms with E-state index >= 15 is 0 Å². The third-order valence-electron chi connectivity index (χ3n) is 3.21. The highest BCUT2D eigenvalue weighted by molar-refractivity contribution is 6.30. The fourth-order valence-electron chi connectivity index (χ4n) is 2.02. The van der Waals surface area contributed by atoms with Crippen molar-refractivity contribution in [1.82, 2.24) is 5.43 Å². The van der Waals surface area contributed by atoms with Crippen molar-refractivity contribution in [2.45, 2.75) is 6.92 Å². The topological polar surface area (TPSA) is 54.6 Å². The number of hydrogen-bond acceptors (Lipinski definition) is 3. The first-order valence-corrected chi connectivity index (χ1v) is 7.10. The van der Waals surface area contributed by atoms with Crippen molar-refractivity contribution in [2.24, 2.45) is 5.10 Å². The molecule has 0 radical (unpaired) electrons. The van der Waals surface area contributed by atoms with Crippen LogP contribution in [0, 0.1) is 0 Å². The molecule has 0 saturated carbocycles. The average Bonchev–Trinajstić information content (AvgIpc) is 2.97. The third kappa shape index (κ3) is 3.02. The molecule has 2 aromatic carbocycles.